The van der Waals surface area contributed by atoms with Crippen LogP contribution in [0.15, 0.2) is 0 Å². The molecule has 11 heavy (non-hydrogen) atoms. The van der Waals surface area contributed by atoms with E-state index in [9.17, 15) is 26.0 Å². The Hall–Kier alpha value is 0.227. The number of alkyl halides is 4. The van der Waals surface area contributed by atoms with E-state index in [-0.39, 0.29) is 18.9 Å². The van der Waals surface area contributed by atoms with Crippen LogP contribution >= 0.6 is 0 Å². The third-order valence-electron chi connectivity index (χ3n) is 0.598. The molecule has 9 heteroatoms. The van der Waals surface area contributed by atoms with Crippen molar-refractivity contribution in [2.75, 3.05) is 0 Å². The van der Waals surface area contributed by atoms with E-state index in [1.165, 1.54) is 0 Å². The summed E-state index contributed by atoms with van der Waals surface area (Å²) in [5.41, 5.74) is 0. The van der Waals surface area contributed by atoms with Crippen LogP contribution in [0.4, 0.5) is 17.6 Å². The first-order chi connectivity index (χ1) is 4.19. The molecule has 0 aliphatic carbocycles. The van der Waals surface area contributed by atoms with Crippen molar-refractivity contribution in [3.63, 3.8) is 0 Å². The van der Waals surface area contributed by atoms with Gasteiger partial charge in [0, 0.05) is 18.9 Å². The second-order valence-corrected chi connectivity index (χ2v) is 2.83. The second-order valence-electron chi connectivity index (χ2n) is 1.34. The molecule has 0 atom stereocenters. The molecule has 0 spiro atoms. The summed E-state index contributed by atoms with van der Waals surface area (Å²) in [6, 6.07) is 0. The van der Waals surface area contributed by atoms with Crippen LogP contribution in [0.1, 0.15) is 0 Å². The van der Waals surface area contributed by atoms with Crippen molar-refractivity contribution in [3.05, 3.63) is 0 Å². The van der Waals surface area contributed by atoms with Crippen LogP contribution in [-0.4, -0.2) is 43.5 Å². The van der Waals surface area contributed by atoms with Gasteiger partial charge in [0.2, 0.25) is 0 Å². The van der Waals surface area contributed by atoms with Gasteiger partial charge in [0.1, 0.15) is 0 Å². The number of hydrogen-bond donors (Lipinski definition) is 1. The summed E-state index contributed by atoms with van der Waals surface area (Å²) in [6.45, 7) is 0. The van der Waals surface area contributed by atoms with Gasteiger partial charge in [0.05, 0.1) is 0 Å². The van der Waals surface area contributed by atoms with Gasteiger partial charge < -0.3 is 0 Å². The van der Waals surface area contributed by atoms with Crippen molar-refractivity contribution < 1.29 is 30.5 Å². The average Bonchev–Trinajstić information content (AvgIpc) is 1.62. The topological polar surface area (TPSA) is 54.4 Å². The maximum Gasteiger partial charge on any atom is 0.428 e. The van der Waals surface area contributed by atoms with E-state index in [0.717, 1.165) is 0 Å². The fraction of sp³-hybridized carbons (Fsp3) is 1.00. The quantitative estimate of drug-likeness (QED) is 0.387. The normalized spacial score (nSPS) is 12.9. The molecule has 1 radical (unpaired) electrons. The molecule has 0 aromatic heterocycles. The Morgan fingerprint density at radius 2 is 1.55 bits per heavy atom. The molecule has 3 nitrogen and oxygen atoms in total. The Kier molecular flexibility index (Phi) is 4.71. The molecule has 0 saturated heterocycles. The van der Waals surface area contributed by atoms with Crippen molar-refractivity contribution in [1.29, 1.82) is 0 Å². The van der Waals surface area contributed by atoms with Crippen LogP contribution in [0, 0.1) is 0 Å². The molecule has 0 amide bonds. The minimum Gasteiger partial charge on any atom is -0.281 e. The van der Waals surface area contributed by atoms with Crippen LogP contribution in [0.2, 0.25) is 0 Å². The smallest absolute Gasteiger partial charge is 0.281 e. The number of rotatable bonds is 2. The van der Waals surface area contributed by atoms with E-state index in [4.69, 9.17) is 4.55 Å². The Labute approximate surface area is 71.7 Å². The van der Waals surface area contributed by atoms with Crippen molar-refractivity contribution in [1.82, 2.24) is 0 Å². The maximum absolute atomic E-state index is 11.5. The van der Waals surface area contributed by atoms with Gasteiger partial charge in [-0.2, -0.15) is 17.2 Å². The van der Waals surface area contributed by atoms with Crippen LogP contribution in [-0.2, 0) is 10.1 Å². The Balaban J connectivity index is 0. The molecular formula is C2H2F4LiO3S. The Morgan fingerprint density at radius 3 is 1.55 bits per heavy atom. The van der Waals surface area contributed by atoms with Crippen molar-refractivity contribution >= 4 is 29.0 Å². The monoisotopic (exact) mass is 189 g/mol. The summed E-state index contributed by atoms with van der Waals surface area (Å²) in [4.78, 5) is 0. The van der Waals surface area contributed by atoms with Crippen molar-refractivity contribution in [2.24, 2.45) is 0 Å². The molecule has 0 rings (SSSR count). The third-order valence-corrected chi connectivity index (χ3v) is 1.46. The molecular weight excluding hydrogens is 187 g/mol. The molecule has 0 aromatic rings. The van der Waals surface area contributed by atoms with E-state index in [1.807, 2.05) is 0 Å². The minimum atomic E-state index is -5.98. The fourth-order valence-electron chi connectivity index (χ4n) is 0.113. The molecule has 0 aliphatic heterocycles. The van der Waals surface area contributed by atoms with Crippen molar-refractivity contribution in [3.8, 4) is 0 Å². The van der Waals surface area contributed by atoms with Crippen LogP contribution in [0.3, 0.4) is 0 Å². The summed E-state index contributed by atoms with van der Waals surface area (Å²) < 4.78 is 71.3. The van der Waals surface area contributed by atoms with Gasteiger partial charge in [0.15, 0.2) is 0 Å². The van der Waals surface area contributed by atoms with Gasteiger partial charge in [0.25, 0.3) is 0 Å². The summed E-state index contributed by atoms with van der Waals surface area (Å²) >= 11 is 0. The standard InChI is InChI=1S/C2H2F4O3S.Li/c3-1(4)2(5,6)10(7,8)9;/h1H,(H,7,8,9);. The Bertz CT molecular complexity index is 211. The molecule has 63 valence electrons. The maximum atomic E-state index is 11.5. The number of halogens is 4. The van der Waals surface area contributed by atoms with Gasteiger partial charge in [-0.3, -0.25) is 4.55 Å². The summed E-state index contributed by atoms with van der Waals surface area (Å²) in [7, 11) is -5.98. The first kappa shape index (κ1) is 13.8. The first-order valence-electron chi connectivity index (χ1n) is 1.82. The molecule has 1 N–H and O–H groups in total. The fourth-order valence-corrected chi connectivity index (χ4v) is 0.338. The predicted molar refractivity (Wildman–Crippen MR) is 28.3 cm³/mol. The van der Waals surface area contributed by atoms with E-state index in [2.05, 4.69) is 0 Å². The van der Waals surface area contributed by atoms with Gasteiger partial charge in [-0.05, 0) is 0 Å². The summed E-state index contributed by atoms with van der Waals surface area (Å²) in [6.07, 6.45) is -4.41. The van der Waals surface area contributed by atoms with Crippen LogP contribution < -0.4 is 0 Å². The predicted octanol–water partition coefficient (Wildman–Crippen LogP) is 0.351. The molecule has 0 saturated carbocycles. The van der Waals surface area contributed by atoms with Gasteiger partial charge >= 0.3 is 21.8 Å². The molecule has 0 aliphatic rings. The van der Waals surface area contributed by atoms with E-state index >= 15 is 0 Å². The molecule has 0 aromatic carbocycles. The average molecular weight is 189 g/mol. The van der Waals surface area contributed by atoms with Gasteiger partial charge in [-0.15, -0.1) is 0 Å². The first-order valence-corrected chi connectivity index (χ1v) is 3.26. The summed E-state index contributed by atoms with van der Waals surface area (Å²) in [5, 5.41) is -5.37. The zero-order valence-electron chi connectivity index (χ0n) is 5.26. The van der Waals surface area contributed by atoms with E-state index < -0.39 is 21.8 Å². The zero-order chi connectivity index (χ0) is 8.58. The van der Waals surface area contributed by atoms with Gasteiger partial charge in [-0.1, -0.05) is 0 Å². The van der Waals surface area contributed by atoms with Crippen LogP contribution in [0.5, 0.6) is 0 Å². The molecule has 0 bridgehead atoms. The minimum absolute atomic E-state index is 0. The summed E-state index contributed by atoms with van der Waals surface area (Å²) in [5.74, 6) is 0. The largest absolute Gasteiger partial charge is 0.428 e. The van der Waals surface area contributed by atoms with Gasteiger partial charge in [-0.25, -0.2) is 8.78 Å². The van der Waals surface area contributed by atoms with E-state index in [0.29, 0.717) is 0 Å². The molecule has 0 fully saturated rings. The van der Waals surface area contributed by atoms with Crippen molar-refractivity contribution in [2.45, 2.75) is 11.7 Å². The van der Waals surface area contributed by atoms with E-state index in [1.54, 1.807) is 0 Å². The SMILES string of the molecule is O=S(=O)(O)C(F)(F)C(F)F.[Li]. The molecule has 0 heterocycles. The zero-order valence-corrected chi connectivity index (χ0v) is 6.08. The Morgan fingerprint density at radius 1 is 1.27 bits per heavy atom. The third kappa shape index (κ3) is 2.99. The van der Waals surface area contributed by atoms with Crippen LogP contribution in [0.25, 0.3) is 0 Å². The second kappa shape index (κ2) is 3.76. The number of hydrogen-bond acceptors (Lipinski definition) is 2. The molecule has 0 unspecified atom stereocenters.